The summed E-state index contributed by atoms with van der Waals surface area (Å²) < 4.78 is 20.3. The fourth-order valence-corrected chi connectivity index (χ4v) is 4.61. The molecule has 1 aliphatic rings. The molecule has 1 saturated heterocycles. The van der Waals surface area contributed by atoms with Crippen molar-refractivity contribution in [2.75, 3.05) is 4.90 Å². The number of benzene rings is 3. The quantitative estimate of drug-likeness (QED) is 0.282. The molecule has 3 aromatic carbocycles. The lowest BCUT2D eigenvalue weighted by Crippen LogP contribution is -2.27. The number of hydrogen-bond donors (Lipinski definition) is 0. The molecule has 0 radical (unpaired) electrons. The van der Waals surface area contributed by atoms with E-state index in [1.165, 1.54) is 28.8 Å². The Labute approximate surface area is 198 Å². The van der Waals surface area contributed by atoms with Crippen molar-refractivity contribution in [2.45, 2.75) is 6.61 Å². The molecule has 3 aromatic rings. The third-order valence-corrected chi connectivity index (χ3v) is 6.43. The number of para-hydroxylation sites is 1. The highest BCUT2D eigenvalue weighted by atomic mass is 35.5. The van der Waals surface area contributed by atoms with E-state index in [1.807, 2.05) is 12.1 Å². The zero-order valence-electron chi connectivity index (χ0n) is 15.8. The van der Waals surface area contributed by atoms with Gasteiger partial charge < -0.3 is 4.74 Å². The molecule has 0 bridgehead atoms. The minimum Gasteiger partial charge on any atom is -0.488 e. The maximum Gasteiger partial charge on any atom is 0.270 e. The topological polar surface area (TPSA) is 29.5 Å². The Kier molecular flexibility index (Phi) is 6.62. The zero-order chi connectivity index (χ0) is 22.0. The molecular weight excluding hydrogens is 476 g/mol. The van der Waals surface area contributed by atoms with Crippen molar-refractivity contribution in [3.05, 3.63) is 98.6 Å². The first-order valence-electron chi connectivity index (χ1n) is 9.12. The van der Waals surface area contributed by atoms with Crippen LogP contribution in [0.4, 0.5) is 10.1 Å². The Bertz CT molecular complexity index is 1180. The van der Waals surface area contributed by atoms with E-state index in [9.17, 15) is 9.18 Å². The molecular formula is C23H14Cl2FNO2S2. The van der Waals surface area contributed by atoms with Crippen molar-refractivity contribution in [2.24, 2.45) is 0 Å². The Morgan fingerprint density at radius 2 is 1.77 bits per heavy atom. The molecule has 8 heteroatoms. The molecule has 3 nitrogen and oxygen atoms in total. The summed E-state index contributed by atoms with van der Waals surface area (Å²) in [6.45, 7) is -0.0396. The van der Waals surface area contributed by atoms with Crippen molar-refractivity contribution in [3.8, 4) is 5.75 Å². The number of anilines is 1. The standard InChI is InChI=1S/C23H14Cl2FNO2S2/c24-15-8-10-16(11-9-15)27-22(28)21(31-23(27)30)12-14-4-1-2-7-20(14)29-13-17-18(25)5-3-6-19(17)26/h1-12H,13H2/b21-12+. The van der Waals surface area contributed by atoms with Gasteiger partial charge in [-0.05, 0) is 48.5 Å². The summed E-state index contributed by atoms with van der Waals surface area (Å²) in [5, 5.41) is 0.868. The first-order chi connectivity index (χ1) is 14.9. The molecule has 0 N–H and O–H groups in total. The molecule has 156 valence electrons. The largest absolute Gasteiger partial charge is 0.488 e. The van der Waals surface area contributed by atoms with Crippen LogP contribution in [-0.4, -0.2) is 10.2 Å². The third kappa shape index (κ3) is 4.77. The SMILES string of the molecule is O=C1/C(=C\c2ccccc2OCc2c(F)cccc2Cl)SC(=S)N1c1ccc(Cl)cc1. The van der Waals surface area contributed by atoms with Gasteiger partial charge in [-0.3, -0.25) is 9.69 Å². The number of nitrogens with zero attached hydrogens (tertiary/aromatic N) is 1. The van der Waals surface area contributed by atoms with Gasteiger partial charge in [-0.1, -0.05) is 71.4 Å². The molecule has 1 amide bonds. The molecule has 1 fully saturated rings. The number of carbonyl (C=O) groups excluding carboxylic acids is 1. The van der Waals surface area contributed by atoms with Gasteiger partial charge in [0.1, 0.15) is 18.2 Å². The summed E-state index contributed by atoms with van der Waals surface area (Å²) in [5.74, 6) is -0.170. The van der Waals surface area contributed by atoms with E-state index in [-0.39, 0.29) is 18.1 Å². The maximum atomic E-state index is 14.1. The molecule has 0 spiro atoms. The number of amides is 1. The monoisotopic (exact) mass is 489 g/mol. The Morgan fingerprint density at radius 1 is 1.03 bits per heavy atom. The maximum absolute atomic E-state index is 14.1. The number of hydrogen-bond acceptors (Lipinski definition) is 4. The molecule has 0 saturated carbocycles. The van der Waals surface area contributed by atoms with Crippen LogP contribution in [0, 0.1) is 5.82 Å². The molecule has 0 aliphatic carbocycles. The van der Waals surface area contributed by atoms with Gasteiger partial charge in [0.05, 0.1) is 15.6 Å². The van der Waals surface area contributed by atoms with E-state index in [0.29, 0.717) is 36.3 Å². The Morgan fingerprint density at radius 3 is 2.52 bits per heavy atom. The minimum atomic E-state index is -0.436. The summed E-state index contributed by atoms with van der Waals surface area (Å²) in [7, 11) is 0. The number of rotatable bonds is 5. The second kappa shape index (κ2) is 9.40. The number of halogens is 3. The van der Waals surface area contributed by atoms with Gasteiger partial charge in [0.2, 0.25) is 0 Å². The van der Waals surface area contributed by atoms with Gasteiger partial charge in [0, 0.05) is 16.1 Å². The van der Waals surface area contributed by atoms with Crippen LogP contribution >= 0.6 is 47.2 Å². The van der Waals surface area contributed by atoms with Crippen LogP contribution in [-0.2, 0) is 11.4 Å². The van der Waals surface area contributed by atoms with Crippen LogP contribution in [0.25, 0.3) is 6.08 Å². The van der Waals surface area contributed by atoms with Crippen molar-refractivity contribution < 1.29 is 13.9 Å². The molecule has 0 unspecified atom stereocenters. The van der Waals surface area contributed by atoms with Crippen molar-refractivity contribution in [1.82, 2.24) is 0 Å². The lowest BCUT2D eigenvalue weighted by atomic mass is 10.1. The predicted molar refractivity (Wildman–Crippen MR) is 129 cm³/mol. The number of ether oxygens (including phenoxy) is 1. The highest BCUT2D eigenvalue weighted by Gasteiger charge is 2.33. The summed E-state index contributed by atoms with van der Waals surface area (Å²) in [4.78, 5) is 14.9. The van der Waals surface area contributed by atoms with E-state index < -0.39 is 5.82 Å². The first-order valence-corrected chi connectivity index (χ1v) is 11.1. The second-order valence-electron chi connectivity index (χ2n) is 6.52. The van der Waals surface area contributed by atoms with E-state index in [1.54, 1.807) is 48.5 Å². The van der Waals surface area contributed by atoms with Crippen LogP contribution < -0.4 is 9.64 Å². The first kappa shape index (κ1) is 21.8. The summed E-state index contributed by atoms with van der Waals surface area (Å²) in [6, 6.07) is 18.6. The fourth-order valence-electron chi connectivity index (χ4n) is 2.97. The summed E-state index contributed by atoms with van der Waals surface area (Å²) in [5.41, 5.74) is 1.59. The van der Waals surface area contributed by atoms with Gasteiger partial charge in [-0.25, -0.2) is 4.39 Å². The van der Waals surface area contributed by atoms with Crippen LogP contribution in [0.2, 0.25) is 10.0 Å². The zero-order valence-corrected chi connectivity index (χ0v) is 19.0. The van der Waals surface area contributed by atoms with Gasteiger partial charge in [0.15, 0.2) is 4.32 Å². The van der Waals surface area contributed by atoms with Crippen molar-refractivity contribution in [1.29, 1.82) is 0 Å². The fraction of sp³-hybridized carbons (Fsp3) is 0.0435. The predicted octanol–water partition coefficient (Wildman–Crippen LogP) is 7.12. The van der Waals surface area contributed by atoms with Crippen LogP contribution in [0.1, 0.15) is 11.1 Å². The molecule has 0 atom stereocenters. The highest BCUT2D eigenvalue weighted by Crippen LogP contribution is 2.37. The highest BCUT2D eigenvalue weighted by molar-refractivity contribution is 8.27. The van der Waals surface area contributed by atoms with E-state index in [0.717, 1.165) is 0 Å². The average molecular weight is 490 g/mol. The van der Waals surface area contributed by atoms with Crippen molar-refractivity contribution in [3.63, 3.8) is 0 Å². The Hall–Kier alpha value is -2.38. The van der Waals surface area contributed by atoms with Gasteiger partial charge >= 0.3 is 0 Å². The van der Waals surface area contributed by atoms with Crippen LogP contribution in [0.5, 0.6) is 5.75 Å². The normalized spacial score (nSPS) is 15.1. The third-order valence-electron chi connectivity index (χ3n) is 4.52. The van der Waals surface area contributed by atoms with Gasteiger partial charge in [-0.2, -0.15) is 0 Å². The van der Waals surface area contributed by atoms with Gasteiger partial charge in [0.25, 0.3) is 5.91 Å². The smallest absolute Gasteiger partial charge is 0.270 e. The van der Waals surface area contributed by atoms with E-state index in [2.05, 4.69) is 0 Å². The molecule has 0 aromatic heterocycles. The lowest BCUT2D eigenvalue weighted by molar-refractivity contribution is -0.113. The number of thioether (sulfide) groups is 1. The Balaban J connectivity index is 1.59. The van der Waals surface area contributed by atoms with E-state index in [4.69, 9.17) is 40.2 Å². The molecule has 1 heterocycles. The van der Waals surface area contributed by atoms with Crippen LogP contribution in [0.3, 0.4) is 0 Å². The summed E-state index contributed by atoms with van der Waals surface area (Å²) >= 11 is 18.6. The number of carbonyl (C=O) groups is 1. The van der Waals surface area contributed by atoms with E-state index >= 15 is 0 Å². The lowest BCUT2D eigenvalue weighted by Gasteiger charge is -2.14. The van der Waals surface area contributed by atoms with Crippen molar-refractivity contribution >= 4 is 69.2 Å². The summed E-state index contributed by atoms with van der Waals surface area (Å²) in [6.07, 6.45) is 1.72. The number of thiocarbonyl (C=S) groups is 1. The van der Waals surface area contributed by atoms with Gasteiger partial charge in [-0.15, -0.1) is 0 Å². The van der Waals surface area contributed by atoms with Crippen LogP contribution in [0.15, 0.2) is 71.6 Å². The molecule has 4 rings (SSSR count). The second-order valence-corrected chi connectivity index (χ2v) is 9.04. The average Bonchev–Trinajstić information content (AvgIpc) is 3.02. The molecule has 31 heavy (non-hydrogen) atoms. The minimum absolute atomic E-state index is 0.0396. The molecule has 1 aliphatic heterocycles.